The summed E-state index contributed by atoms with van der Waals surface area (Å²) in [7, 11) is 1.99. The zero-order chi connectivity index (χ0) is 11.5. The Kier molecular flexibility index (Phi) is 4.05. The minimum atomic E-state index is -0.660. The normalized spacial score (nSPS) is 11.5. The number of rotatable bonds is 4. The molecule has 2 nitrogen and oxygen atoms in total. The summed E-state index contributed by atoms with van der Waals surface area (Å²) in [6, 6.07) is 8.36. The first kappa shape index (κ1) is 12.4. The number of hydrogen-bond acceptors (Lipinski definition) is 3. The molecule has 0 spiro atoms. The Bertz CT molecular complexity index is 302. The predicted molar refractivity (Wildman–Crippen MR) is 67.8 cm³/mol. The second-order valence-corrected chi connectivity index (χ2v) is 5.25. The molecule has 0 saturated heterocycles. The van der Waals surface area contributed by atoms with Crippen molar-refractivity contribution in [3.63, 3.8) is 0 Å². The molecule has 0 saturated carbocycles. The van der Waals surface area contributed by atoms with Gasteiger partial charge in [0.15, 0.2) is 0 Å². The molecule has 0 atom stereocenters. The van der Waals surface area contributed by atoms with Gasteiger partial charge in [-0.25, -0.2) is 0 Å². The summed E-state index contributed by atoms with van der Waals surface area (Å²) in [4.78, 5) is 3.32. The summed E-state index contributed by atoms with van der Waals surface area (Å²) in [6.07, 6.45) is 2.07. The number of likely N-dealkylation sites (N-methyl/N-ethyl adjacent to an activating group) is 1. The molecule has 0 fully saturated rings. The maximum atomic E-state index is 9.70. The zero-order valence-electron chi connectivity index (χ0n) is 9.82. The Morgan fingerprint density at radius 1 is 1.27 bits per heavy atom. The van der Waals surface area contributed by atoms with Gasteiger partial charge in [0.25, 0.3) is 0 Å². The molecule has 0 bridgehead atoms. The second kappa shape index (κ2) is 4.90. The standard InChI is InChI=1S/C12H19NOS/c1-12(2,14)9-13(3)10-5-7-11(15-4)8-6-10/h5-8,14H,9H2,1-4H3. The van der Waals surface area contributed by atoms with Crippen molar-refractivity contribution in [3.05, 3.63) is 24.3 Å². The van der Waals surface area contributed by atoms with E-state index in [1.807, 2.05) is 20.9 Å². The zero-order valence-corrected chi connectivity index (χ0v) is 10.6. The molecule has 15 heavy (non-hydrogen) atoms. The maximum Gasteiger partial charge on any atom is 0.0765 e. The SMILES string of the molecule is CSc1ccc(N(C)CC(C)(C)O)cc1. The summed E-state index contributed by atoms with van der Waals surface area (Å²) >= 11 is 1.73. The van der Waals surface area contributed by atoms with Crippen LogP contribution in [0.15, 0.2) is 29.2 Å². The van der Waals surface area contributed by atoms with Crippen LogP contribution in [0.4, 0.5) is 5.69 Å². The highest BCUT2D eigenvalue weighted by Gasteiger charge is 2.15. The molecule has 0 amide bonds. The van der Waals surface area contributed by atoms with E-state index < -0.39 is 5.60 Å². The fraction of sp³-hybridized carbons (Fsp3) is 0.500. The third-order valence-corrected chi connectivity index (χ3v) is 2.88. The monoisotopic (exact) mass is 225 g/mol. The molecule has 1 aromatic rings. The van der Waals surface area contributed by atoms with Crippen molar-refractivity contribution in [2.45, 2.75) is 24.3 Å². The van der Waals surface area contributed by atoms with Crippen LogP contribution < -0.4 is 4.90 Å². The number of nitrogens with zero attached hydrogens (tertiary/aromatic N) is 1. The Morgan fingerprint density at radius 2 is 1.80 bits per heavy atom. The lowest BCUT2D eigenvalue weighted by molar-refractivity contribution is 0.0886. The van der Waals surface area contributed by atoms with Crippen LogP contribution >= 0.6 is 11.8 Å². The van der Waals surface area contributed by atoms with Crippen molar-refractivity contribution < 1.29 is 5.11 Å². The number of anilines is 1. The van der Waals surface area contributed by atoms with Crippen molar-refractivity contribution in [3.8, 4) is 0 Å². The van der Waals surface area contributed by atoms with Crippen molar-refractivity contribution in [2.75, 3.05) is 24.7 Å². The lowest BCUT2D eigenvalue weighted by atomic mass is 10.1. The van der Waals surface area contributed by atoms with Crippen LogP contribution in [-0.2, 0) is 0 Å². The molecular weight excluding hydrogens is 206 g/mol. The molecule has 1 N–H and O–H groups in total. The van der Waals surface area contributed by atoms with E-state index in [0.717, 1.165) is 5.69 Å². The van der Waals surface area contributed by atoms with E-state index in [2.05, 4.69) is 35.4 Å². The highest BCUT2D eigenvalue weighted by atomic mass is 32.2. The van der Waals surface area contributed by atoms with Gasteiger partial charge in [0.05, 0.1) is 5.60 Å². The molecule has 0 aliphatic carbocycles. The van der Waals surface area contributed by atoms with E-state index >= 15 is 0 Å². The number of benzene rings is 1. The number of thioether (sulfide) groups is 1. The molecule has 0 radical (unpaired) electrons. The quantitative estimate of drug-likeness (QED) is 0.797. The average Bonchev–Trinajstić information content (AvgIpc) is 2.15. The van der Waals surface area contributed by atoms with Gasteiger partial charge >= 0.3 is 0 Å². The third-order valence-electron chi connectivity index (χ3n) is 2.14. The number of aliphatic hydroxyl groups is 1. The highest BCUT2D eigenvalue weighted by Crippen LogP contribution is 2.20. The largest absolute Gasteiger partial charge is 0.389 e. The van der Waals surface area contributed by atoms with E-state index in [9.17, 15) is 5.11 Å². The fourth-order valence-corrected chi connectivity index (χ4v) is 1.92. The Labute approximate surface area is 96.3 Å². The van der Waals surface area contributed by atoms with Crippen LogP contribution in [0.5, 0.6) is 0 Å². The minimum Gasteiger partial charge on any atom is -0.389 e. The minimum absolute atomic E-state index is 0.631. The molecule has 84 valence electrons. The predicted octanol–water partition coefficient (Wildman–Crippen LogP) is 2.62. The van der Waals surface area contributed by atoms with Gasteiger partial charge < -0.3 is 10.0 Å². The second-order valence-electron chi connectivity index (χ2n) is 4.37. The van der Waals surface area contributed by atoms with Crippen LogP contribution in [0.25, 0.3) is 0 Å². The third kappa shape index (κ3) is 4.14. The van der Waals surface area contributed by atoms with Crippen LogP contribution in [0.3, 0.4) is 0 Å². The van der Waals surface area contributed by atoms with E-state index in [1.165, 1.54) is 4.90 Å². The topological polar surface area (TPSA) is 23.5 Å². The van der Waals surface area contributed by atoms with Crippen LogP contribution in [0, 0.1) is 0 Å². The summed E-state index contributed by atoms with van der Waals surface area (Å²) in [6.45, 7) is 4.27. The van der Waals surface area contributed by atoms with Gasteiger partial charge in [-0.3, -0.25) is 0 Å². The van der Waals surface area contributed by atoms with Crippen molar-refractivity contribution >= 4 is 17.4 Å². The first-order valence-corrected chi connectivity index (χ1v) is 6.22. The van der Waals surface area contributed by atoms with Crippen molar-refractivity contribution in [1.29, 1.82) is 0 Å². The van der Waals surface area contributed by atoms with Crippen LogP contribution in [0.2, 0.25) is 0 Å². The van der Waals surface area contributed by atoms with Gasteiger partial charge in [-0.2, -0.15) is 0 Å². The van der Waals surface area contributed by atoms with E-state index in [0.29, 0.717) is 6.54 Å². The van der Waals surface area contributed by atoms with Gasteiger partial charge in [0, 0.05) is 24.2 Å². The fourth-order valence-electron chi connectivity index (χ4n) is 1.51. The summed E-state index contributed by atoms with van der Waals surface area (Å²) in [5, 5.41) is 9.70. The van der Waals surface area contributed by atoms with Crippen LogP contribution in [-0.4, -0.2) is 30.6 Å². The summed E-state index contributed by atoms with van der Waals surface area (Å²) in [5.41, 5.74) is 0.474. The molecule has 3 heteroatoms. The average molecular weight is 225 g/mol. The van der Waals surface area contributed by atoms with E-state index in [1.54, 1.807) is 11.8 Å². The molecule has 0 aliphatic rings. The van der Waals surface area contributed by atoms with E-state index in [-0.39, 0.29) is 0 Å². The smallest absolute Gasteiger partial charge is 0.0765 e. The van der Waals surface area contributed by atoms with Crippen LogP contribution in [0.1, 0.15) is 13.8 Å². The van der Waals surface area contributed by atoms with Gasteiger partial charge in [-0.1, -0.05) is 0 Å². The van der Waals surface area contributed by atoms with Crippen molar-refractivity contribution in [2.24, 2.45) is 0 Å². The van der Waals surface area contributed by atoms with Crippen molar-refractivity contribution in [1.82, 2.24) is 0 Å². The molecule has 1 aromatic carbocycles. The summed E-state index contributed by atoms with van der Waals surface area (Å²) < 4.78 is 0. The Morgan fingerprint density at radius 3 is 2.20 bits per heavy atom. The van der Waals surface area contributed by atoms with Gasteiger partial charge in [-0.15, -0.1) is 11.8 Å². The van der Waals surface area contributed by atoms with Gasteiger partial charge in [0.1, 0.15) is 0 Å². The van der Waals surface area contributed by atoms with Gasteiger partial charge in [0.2, 0.25) is 0 Å². The first-order valence-electron chi connectivity index (χ1n) is 5.00. The first-order chi connectivity index (χ1) is 6.92. The number of hydrogen-bond donors (Lipinski definition) is 1. The molecular formula is C12H19NOS. The molecule has 1 rings (SSSR count). The Balaban J connectivity index is 2.70. The van der Waals surface area contributed by atoms with E-state index in [4.69, 9.17) is 0 Å². The summed E-state index contributed by atoms with van der Waals surface area (Å²) in [5.74, 6) is 0. The molecule has 0 unspecified atom stereocenters. The molecule has 0 aromatic heterocycles. The lowest BCUT2D eigenvalue weighted by Crippen LogP contribution is -2.36. The molecule has 0 heterocycles. The highest BCUT2D eigenvalue weighted by molar-refractivity contribution is 7.98. The lowest BCUT2D eigenvalue weighted by Gasteiger charge is -2.27. The van der Waals surface area contributed by atoms with Gasteiger partial charge in [-0.05, 0) is 44.4 Å². The Hall–Kier alpha value is -0.670. The maximum absolute atomic E-state index is 9.70. The molecule has 0 aliphatic heterocycles.